The second kappa shape index (κ2) is 10.5. The van der Waals surface area contributed by atoms with Gasteiger partial charge in [-0.15, -0.1) is 12.4 Å². The molecular formula is C21H18Cl3N3O5. The number of carbonyl (C=O) groups excluding carboxylic acids is 1. The highest BCUT2D eigenvalue weighted by Crippen LogP contribution is 2.33. The molecule has 0 fully saturated rings. The first-order valence-electron chi connectivity index (χ1n) is 8.96. The fraction of sp³-hybridized carbons (Fsp3) is 0.0952. The van der Waals surface area contributed by atoms with E-state index >= 15 is 0 Å². The number of carboxylic acids is 2. The van der Waals surface area contributed by atoms with Crippen LogP contribution in [-0.2, 0) is 22.6 Å². The largest absolute Gasteiger partial charge is 0.481 e. The van der Waals surface area contributed by atoms with Crippen molar-refractivity contribution in [2.75, 3.05) is 5.32 Å². The molecule has 3 rings (SSSR count). The molecule has 0 aliphatic heterocycles. The zero-order chi connectivity index (χ0) is 22.7. The minimum Gasteiger partial charge on any atom is -0.481 e. The first kappa shape index (κ1) is 25.2. The summed E-state index contributed by atoms with van der Waals surface area (Å²) in [5, 5.41) is 22.2. The summed E-state index contributed by atoms with van der Waals surface area (Å²) in [7, 11) is 0. The SMILES string of the molecule is Cl.NCc1ccc(NC(=O)/C=C/c2c(C(=O)O)[nH]c3cc(Cl)cc(Cl)c23)c(CC(=O)O)c1. The van der Waals surface area contributed by atoms with E-state index in [4.69, 9.17) is 34.0 Å². The highest BCUT2D eigenvalue weighted by atomic mass is 35.5. The lowest BCUT2D eigenvalue weighted by Crippen LogP contribution is -2.12. The van der Waals surface area contributed by atoms with Gasteiger partial charge in [-0.05, 0) is 35.4 Å². The zero-order valence-corrected chi connectivity index (χ0v) is 18.6. The van der Waals surface area contributed by atoms with Crippen molar-refractivity contribution in [3.8, 4) is 0 Å². The number of aromatic amines is 1. The van der Waals surface area contributed by atoms with Gasteiger partial charge < -0.3 is 26.2 Å². The Morgan fingerprint density at radius 3 is 2.47 bits per heavy atom. The van der Waals surface area contributed by atoms with Crippen LogP contribution in [0, 0.1) is 0 Å². The third kappa shape index (κ3) is 5.60. The number of nitrogens with one attached hydrogen (secondary N) is 2. The number of aromatic carboxylic acids is 1. The lowest BCUT2D eigenvalue weighted by molar-refractivity contribution is -0.136. The van der Waals surface area contributed by atoms with Crippen LogP contribution >= 0.6 is 35.6 Å². The molecule has 1 aromatic heterocycles. The van der Waals surface area contributed by atoms with Gasteiger partial charge in [-0.3, -0.25) is 9.59 Å². The highest BCUT2D eigenvalue weighted by Gasteiger charge is 2.18. The number of anilines is 1. The van der Waals surface area contributed by atoms with Crippen LogP contribution in [0.15, 0.2) is 36.4 Å². The number of aliphatic carboxylic acids is 1. The van der Waals surface area contributed by atoms with Gasteiger partial charge >= 0.3 is 11.9 Å². The number of benzene rings is 2. The Morgan fingerprint density at radius 2 is 1.84 bits per heavy atom. The molecule has 0 saturated carbocycles. The number of carbonyl (C=O) groups is 3. The van der Waals surface area contributed by atoms with E-state index in [9.17, 15) is 19.5 Å². The molecule has 1 heterocycles. The molecule has 1 amide bonds. The minimum atomic E-state index is -1.23. The molecule has 8 nitrogen and oxygen atoms in total. The molecule has 0 bridgehead atoms. The molecule has 0 saturated heterocycles. The second-order valence-corrected chi connectivity index (χ2v) is 7.46. The van der Waals surface area contributed by atoms with Crippen LogP contribution in [0.2, 0.25) is 10.0 Å². The third-order valence-corrected chi connectivity index (χ3v) is 4.99. The molecule has 0 radical (unpaired) electrons. The number of fused-ring (bicyclic) bond motifs is 1. The van der Waals surface area contributed by atoms with Crippen molar-refractivity contribution >= 4 is 76.1 Å². The molecule has 6 N–H and O–H groups in total. The van der Waals surface area contributed by atoms with E-state index < -0.39 is 17.8 Å². The van der Waals surface area contributed by atoms with Crippen molar-refractivity contribution in [2.24, 2.45) is 5.73 Å². The summed E-state index contributed by atoms with van der Waals surface area (Å²) < 4.78 is 0. The molecule has 0 aliphatic carbocycles. The Hall–Kier alpha value is -3.04. The summed E-state index contributed by atoms with van der Waals surface area (Å²) in [4.78, 5) is 38.0. The van der Waals surface area contributed by atoms with Crippen LogP contribution in [0.5, 0.6) is 0 Å². The van der Waals surface area contributed by atoms with E-state index in [-0.39, 0.29) is 41.7 Å². The van der Waals surface area contributed by atoms with Crippen LogP contribution in [0.25, 0.3) is 17.0 Å². The average Bonchev–Trinajstić information content (AvgIpc) is 3.06. The van der Waals surface area contributed by atoms with Crippen LogP contribution in [0.3, 0.4) is 0 Å². The monoisotopic (exact) mass is 497 g/mol. The Bertz CT molecular complexity index is 1240. The number of carboxylic acid groups (broad SMARTS) is 2. The third-order valence-electron chi connectivity index (χ3n) is 4.47. The molecular weight excluding hydrogens is 481 g/mol. The van der Waals surface area contributed by atoms with Gasteiger partial charge in [0.1, 0.15) is 5.69 Å². The number of hydrogen-bond donors (Lipinski definition) is 5. The number of H-pyrrole nitrogens is 1. The normalized spacial score (nSPS) is 10.8. The predicted molar refractivity (Wildman–Crippen MR) is 126 cm³/mol. The van der Waals surface area contributed by atoms with Crippen LogP contribution in [-0.4, -0.2) is 33.0 Å². The van der Waals surface area contributed by atoms with Gasteiger partial charge in [0.25, 0.3) is 0 Å². The van der Waals surface area contributed by atoms with Crippen molar-refractivity contribution in [1.29, 1.82) is 0 Å². The molecule has 0 atom stereocenters. The Balaban J connectivity index is 0.00000363. The fourth-order valence-electron chi connectivity index (χ4n) is 3.15. The van der Waals surface area contributed by atoms with Gasteiger partial charge in [0.2, 0.25) is 5.91 Å². The second-order valence-electron chi connectivity index (χ2n) is 6.62. The van der Waals surface area contributed by atoms with E-state index in [1.54, 1.807) is 18.2 Å². The Morgan fingerprint density at radius 1 is 1.12 bits per heavy atom. The zero-order valence-electron chi connectivity index (χ0n) is 16.3. The average molecular weight is 499 g/mol. The van der Waals surface area contributed by atoms with E-state index in [2.05, 4.69) is 10.3 Å². The molecule has 32 heavy (non-hydrogen) atoms. The smallest absolute Gasteiger partial charge is 0.352 e. The van der Waals surface area contributed by atoms with Crippen molar-refractivity contribution in [3.63, 3.8) is 0 Å². The molecule has 0 aliphatic rings. The summed E-state index contributed by atoms with van der Waals surface area (Å²) in [5.74, 6) is -2.87. The quantitative estimate of drug-likeness (QED) is 0.306. The van der Waals surface area contributed by atoms with Crippen molar-refractivity contribution in [2.45, 2.75) is 13.0 Å². The van der Waals surface area contributed by atoms with Gasteiger partial charge in [0, 0.05) is 39.8 Å². The van der Waals surface area contributed by atoms with E-state index in [1.165, 1.54) is 18.2 Å². The molecule has 0 unspecified atom stereocenters. The maximum absolute atomic E-state index is 12.5. The highest BCUT2D eigenvalue weighted by molar-refractivity contribution is 6.39. The number of hydrogen-bond acceptors (Lipinski definition) is 4. The van der Waals surface area contributed by atoms with Crippen molar-refractivity contribution < 1.29 is 24.6 Å². The number of amides is 1. The first-order valence-corrected chi connectivity index (χ1v) is 9.72. The molecule has 0 spiro atoms. The van der Waals surface area contributed by atoms with E-state index in [0.717, 1.165) is 11.6 Å². The number of nitrogens with two attached hydrogens (primary N) is 1. The van der Waals surface area contributed by atoms with Crippen LogP contribution in [0.1, 0.15) is 27.2 Å². The lowest BCUT2D eigenvalue weighted by Gasteiger charge is -2.10. The summed E-state index contributed by atoms with van der Waals surface area (Å²) in [6.07, 6.45) is 2.17. The maximum atomic E-state index is 12.5. The Kier molecular flexibility index (Phi) is 8.29. The molecule has 11 heteroatoms. The van der Waals surface area contributed by atoms with Gasteiger partial charge in [-0.1, -0.05) is 35.3 Å². The molecule has 168 valence electrons. The van der Waals surface area contributed by atoms with Gasteiger partial charge in [0.15, 0.2) is 0 Å². The van der Waals surface area contributed by atoms with Gasteiger partial charge in [-0.2, -0.15) is 0 Å². The summed E-state index contributed by atoms with van der Waals surface area (Å²) >= 11 is 12.2. The lowest BCUT2D eigenvalue weighted by atomic mass is 10.1. The summed E-state index contributed by atoms with van der Waals surface area (Å²) in [6.45, 7) is 0.226. The fourth-order valence-corrected chi connectivity index (χ4v) is 3.74. The van der Waals surface area contributed by atoms with Gasteiger partial charge in [0.05, 0.1) is 11.4 Å². The number of rotatable bonds is 7. The first-order chi connectivity index (χ1) is 14.7. The van der Waals surface area contributed by atoms with Crippen molar-refractivity contribution in [1.82, 2.24) is 4.98 Å². The minimum absolute atomic E-state index is 0. The topological polar surface area (TPSA) is 146 Å². The predicted octanol–water partition coefficient (Wildman–Crippen LogP) is 4.33. The van der Waals surface area contributed by atoms with Crippen LogP contribution < -0.4 is 11.1 Å². The summed E-state index contributed by atoms with van der Waals surface area (Å²) in [6, 6.07) is 7.86. The van der Waals surface area contributed by atoms with E-state index in [1.807, 2.05) is 0 Å². The molecule has 3 aromatic rings. The standard InChI is InChI=1S/C21H17Cl2N3O5.ClH/c22-12-7-14(23)19-13(20(21(30)31)26-16(19)8-12)2-4-17(27)25-15-3-1-10(9-24)5-11(15)6-18(28)29;/h1-5,7-8,26H,6,9,24H2,(H,25,27)(H,28,29)(H,30,31);1H/b4-2+;. The van der Waals surface area contributed by atoms with E-state index in [0.29, 0.717) is 27.2 Å². The number of aromatic nitrogens is 1. The van der Waals surface area contributed by atoms with Crippen molar-refractivity contribution in [3.05, 3.63) is 68.8 Å². The van der Waals surface area contributed by atoms with Crippen LogP contribution in [0.4, 0.5) is 5.69 Å². The molecule has 2 aromatic carbocycles. The Labute approximate surface area is 198 Å². The summed E-state index contributed by atoms with van der Waals surface area (Å²) in [5.41, 5.74) is 7.50. The number of halogens is 3. The maximum Gasteiger partial charge on any atom is 0.352 e. The van der Waals surface area contributed by atoms with Gasteiger partial charge in [-0.25, -0.2) is 4.79 Å².